The van der Waals surface area contributed by atoms with Gasteiger partial charge in [-0.1, -0.05) is 0 Å². The molecule has 21 heavy (non-hydrogen) atoms. The van der Waals surface area contributed by atoms with E-state index in [0.717, 1.165) is 56.3 Å². The van der Waals surface area contributed by atoms with Crippen molar-refractivity contribution >= 4 is 11.9 Å². The maximum Gasteiger partial charge on any atom is 0.305 e. The van der Waals surface area contributed by atoms with Crippen molar-refractivity contribution in [2.45, 2.75) is 69.7 Å². The first-order valence-electron chi connectivity index (χ1n) is 8.53. The lowest BCUT2D eigenvalue weighted by atomic mass is 9.49. The van der Waals surface area contributed by atoms with Gasteiger partial charge in [-0.25, -0.2) is 0 Å². The summed E-state index contributed by atoms with van der Waals surface area (Å²) in [6.45, 7) is 0. The van der Waals surface area contributed by atoms with Crippen LogP contribution < -0.4 is 5.32 Å². The van der Waals surface area contributed by atoms with Gasteiger partial charge < -0.3 is 10.4 Å². The minimum atomic E-state index is -0.791. The van der Waals surface area contributed by atoms with Crippen LogP contribution in [0, 0.1) is 23.2 Å². The zero-order valence-electron chi connectivity index (χ0n) is 12.6. The van der Waals surface area contributed by atoms with Crippen LogP contribution in [0.4, 0.5) is 0 Å². The number of nitrogens with one attached hydrogen (secondary N) is 1. The van der Waals surface area contributed by atoms with E-state index in [1.165, 1.54) is 19.3 Å². The number of carbonyl (C=O) groups is 2. The molecule has 0 aromatic rings. The highest BCUT2D eigenvalue weighted by Gasteiger charge is 2.56. The molecule has 5 aliphatic carbocycles. The van der Waals surface area contributed by atoms with Gasteiger partial charge in [0.25, 0.3) is 0 Å². The van der Waals surface area contributed by atoms with Crippen molar-refractivity contribution in [3.05, 3.63) is 0 Å². The van der Waals surface area contributed by atoms with Crippen LogP contribution in [0.2, 0.25) is 0 Å². The molecule has 0 aromatic heterocycles. The van der Waals surface area contributed by atoms with Crippen molar-refractivity contribution < 1.29 is 14.7 Å². The second kappa shape index (κ2) is 4.47. The number of hydrogen-bond donors (Lipinski definition) is 2. The lowest BCUT2D eigenvalue weighted by molar-refractivity contribution is -0.151. The quantitative estimate of drug-likeness (QED) is 0.837. The molecule has 0 radical (unpaired) electrons. The smallest absolute Gasteiger partial charge is 0.305 e. The highest BCUT2D eigenvalue weighted by atomic mass is 16.4. The van der Waals surface area contributed by atoms with Crippen LogP contribution in [0.15, 0.2) is 0 Å². The third kappa shape index (κ3) is 2.18. The highest BCUT2D eigenvalue weighted by Crippen LogP contribution is 2.60. The molecule has 5 rings (SSSR count). The molecule has 0 aliphatic heterocycles. The molecule has 0 spiro atoms. The molecule has 0 heterocycles. The Morgan fingerprint density at radius 1 is 1.00 bits per heavy atom. The Hall–Kier alpha value is -1.06. The summed E-state index contributed by atoms with van der Waals surface area (Å²) in [6.07, 6.45) is 9.91. The topological polar surface area (TPSA) is 66.4 Å². The van der Waals surface area contributed by atoms with E-state index in [9.17, 15) is 9.59 Å². The Balaban J connectivity index is 1.51. The minimum Gasteiger partial charge on any atom is -0.481 e. The number of carbonyl (C=O) groups excluding carboxylic acids is 1. The minimum absolute atomic E-state index is 0.0884. The van der Waals surface area contributed by atoms with Crippen molar-refractivity contribution in [1.29, 1.82) is 0 Å². The summed E-state index contributed by atoms with van der Waals surface area (Å²) in [5, 5.41) is 12.3. The first-order chi connectivity index (χ1) is 9.99. The molecule has 116 valence electrons. The third-order valence-electron chi connectivity index (χ3n) is 6.70. The van der Waals surface area contributed by atoms with Crippen molar-refractivity contribution in [2.24, 2.45) is 23.2 Å². The van der Waals surface area contributed by atoms with Crippen LogP contribution in [0.1, 0.15) is 64.2 Å². The van der Waals surface area contributed by atoms with Gasteiger partial charge in [0.1, 0.15) is 0 Å². The van der Waals surface area contributed by atoms with Crippen molar-refractivity contribution in [3.63, 3.8) is 0 Å². The van der Waals surface area contributed by atoms with Gasteiger partial charge in [-0.3, -0.25) is 9.59 Å². The van der Waals surface area contributed by atoms with E-state index >= 15 is 0 Å². The van der Waals surface area contributed by atoms with Crippen LogP contribution >= 0.6 is 0 Å². The Kier molecular flexibility index (Phi) is 2.89. The first-order valence-corrected chi connectivity index (χ1v) is 8.53. The summed E-state index contributed by atoms with van der Waals surface area (Å²) < 4.78 is 0. The van der Waals surface area contributed by atoms with E-state index in [-0.39, 0.29) is 17.7 Å². The maximum atomic E-state index is 13.0. The molecule has 4 heteroatoms. The zero-order valence-corrected chi connectivity index (χ0v) is 12.6. The summed E-state index contributed by atoms with van der Waals surface area (Å²) in [5.74, 6) is 1.64. The van der Waals surface area contributed by atoms with Crippen LogP contribution in [-0.2, 0) is 9.59 Å². The van der Waals surface area contributed by atoms with Gasteiger partial charge in [0.15, 0.2) is 0 Å². The standard InChI is InChI=1S/C17H25NO3/c19-14(20)10-17(2-1-3-17)18-15(21)16-7-11-4-12(8-16)6-13(5-11)9-16/h11-13H,1-10H2,(H,18,21)(H,19,20). The number of rotatable bonds is 4. The molecule has 2 N–H and O–H groups in total. The normalized spacial score (nSPS) is 42.4. The molecule has 5 saturated carbocycles. The van der Waals surface area contributed by atoms with E-state index in [2.05, 4.69) is 5.32 Å². The summed E-state index contributed by atoms with van der Waals surface area (Å²) >= 11 is 0. The van der Waals surface area contributed by atoms with Gasteiger partial charge in [-0.15, -0.1) is 0 Å². The number of carboxylic acids is 1. The fourth-order valence-electron chi connectivity index (χ4n) is 6.00. The summed E-state index contributed by atoms with van der Waals surface area (Å²) in [6, 6.07) is 0. The van der Waals surface area contributed by atoms with Crippen LogP contribution in [0.25, 0.3) is 0 Å². The summed E-state index contributed by atoms with van der Waals surface area (Å²) in [7, 11) is 0. The number of hydrogen-bond acceptors (Lipinski definition) is 2. The van der Waals surface area contributed by atoms with Crippen molar-refractivity contribution in [2.75, 3.05) is 0 Å². The molecule has 0 unspecified atom stereocenters. The Morgan fingerprint density at radius 3 is 1.90 bits per heavy atom. The fourth-order valence-corrected chi connectivity index (χ4v) is 6.00. The molecule has 1 amide bonds. The average molecular weight is 291 g/mol. The number of aliphatic carboxylic acids is 1. The van der Waals surface area contributed by atoms with Crippen LogP contribution in [0.5, 0.6) is 0 Å². The third-order valence-corrected chi connectivity index (χ3v) is 6.70. The van der Waals surface area contributed by atoms with Crippen molar-refractivity contribution in [3.8, 4) is 0 Å². The largest absolute Gasteiger partial charge is 0.481 e. The van der Waals surface area contributed by atoms with E-state index in [4.69, 9.17) is 5.11 Å². The van der Waals surface area contributed by atoms with Gasteiger partial charge in [0, 0.05) is 5.41 Å². The predicted molar refractivity (Wildman–Crippen MR) is 77.6 cm³/mol. The molecule has 0 saturated heterocycles. The van der Waals surface area contributed by atoms with E-state index in [0.29, 0.717) is 0 Å². The maximum absolute atomic E-state index is 13.0. The van der Waals surface area contributed by atoms with Gasteiger partial charge in [0.2, 0.25) is 5.91 Å². The molecular formula is C17H25NO3. The Labute approximate surface area is 125 Å². The van der Waals surface area contributed by atoms with E-state index in [1.807, 2.05) is 0 Å². The monoisotopic (exact) mass is 291 g/mol. The Morgan fingerprint density at radius 2 is 1.52 bits per heavy atom. The highest BCUT2D eigenvalue weighted by molar-refractivity contribution is 5.84. The molecule has 4 bridgehead atoms. The zero-order chi connectivity index (χ0) is 14.7. The lowest BCUT2D eigenvalue weighted by Crippen LogP contribution is -2.61. The Bertz CT molecular complexity index is 445. The molecule has 4 nitrogen and oxygen atoms in total. The molecular weight excluding hydrogens is 266 g/mol. The van der Waals surface area contributed by atoms with Crippen LogP contribution in [-0.4, -0.2) is 22.5 Å². The summed E-state index contributed by atoms with van der Waals surface area (Å²) in [4.78, 5) is 24.1. The van der Waals surface area contributed by atoms with Gasteiger partial charge >= 0.3 is 5.97 Å². The van der Waals surface area contributed by atoms with Gasteiger partial charge in [-0.05, 0) is 75.5 Å². The molecule has 5 fully saturated rings. The van der Waals surface area contributed by atoms with Crippen LogP contribution in [0.3, 0.4) is 0 Å². The summed E-state index contributed by atoms with van der Waals surface area (Å²) in [5.41, 5.74) is -0.595. The van der Waals surface area contributed by atoms with Gasteiger partial charge in [-0.2, -0.15) is 0 Å². The lowest BCUT2D eigenvalue weighted by Gasteiger charge is -2.56. The first kappa shape index (κ1) is 13.6. The van der Waals surface area contributed by atoms with Gasteiger partial charge in [0.05, 0.1) is 12.0 Å². The number of carboxylic acid groups (broad SMARTS) is 1. The fraction of sp³-hybridized carbons (Fsp3) is 0.882. The van der Waals surface area contributed by atoms with E-state index < -0.39 is 11.5 Å². The number of amides is 1. The van der Waals surface area contributed by atoms with E-state index in [1.54, 1.807) is 0 Å². The second-order valence-electron chi connectivity index (χ2n) is 8.36. The second-order valence-corrected chi connectivity index (χ2v) is 8.36. The molecule has 0 atom stereocenters. The average Bonchev–Trinajstić information content (AvgIpc) is 2.33. The molecule has 5 aliphatic rings. The SMILES string of the molecule is O=C(O)CC1(NC(=O)C23CC4CC(CC(C4)C2)C3)CCC1. The van der Waals surface area contributed by atoms with Crippen molar-refractivity contribution in [1.82, 2.24) is 5.32 Å². The molecule has 0 aromatic carbocycles. The predicted octanol–water partition coefficient (Wildman–Crippen LogP) is 2.72.